The molecule has 33 heavy (non-hydrogen) atoms. The molecule has 6 rings (SSSR count). The second-order valence-electron chi connectivity index (χ2n) is 8.46. The van der Waals surface area contributed by atoms with Crippen molar-refractivity contribution in [1.29, 1.82) is 5.26 Å². The SMILES string of the molecule is COc1c(Nc2ncnc3sc4c(c23)CC[C@H](C(=O)N2CC(C#N)C2)C4)ccn2nccc12. The Morgan fingerprint density at radius 1 is 1.33 bits per heavy atom. The lowest BCUT2D eigenvalue weighted by atomic mass is 9.85. The van der Waals surface area contributed by atoms with Crippen molar-refractivity contribution in [2.75, 3.05) is 25.5 Å². The number of hydrogen-bond acceptors (Lipinski definition) is 8. The van der Waals surface area contributed by atoms with Crippen molar-refractivity contribution in [3.63, 3.8) is 0 Å². The number of amides is 1. The molecule has 1 amide bonds. The van der Waals surface area contributed by atoms with Crippen LogP contribution in [0.2, 0.25) is 0 Å². The van der Waals surface area contributed by atoms with E-state index in [0.29, 0.717) is 25.3 Å². The average molecular weight is 460 g/mol. The molecule has 1 aliphatic heterocycles. The van der Waals surface area contributed by atoms with Gasteiger partial charge in [-0.25, -0.2) is 14.5 Å². The van der Waals surface area contributed by atoms with Gasteiger partial charge in [-0.05, 0) is 37.0 Å². The van der Waals surface area contributed by atoms with Gasteiger partial charge in [0.2, 0.25) is 5.91 Å². The number of nitrogens with one attached hydrogen (secondary N) is 1. The van der Waals surface area contributed by atoms with E-state index in [9.17, 15) is 4.79 Å². The van der Waals surface area contributed by atoms with Crippen molar-refractivity contribution >= 4 is 44.5 Å². The van der Waals surface area contributed by atoms with Gasteiger partial charge in [0.05, 0.1) is 36.4 Å². The maximum Gasteiger partial charge on any atom is 0.226 e. The Hall–Kier alpha value is -3.71. The molecule has 10 heteroatoms. The Labute approximate surface area is 193 Å². The summed E-state index contributed by atoms with van der Waals surface area (Å²) in [6.45, 7) is 1.13. The van der Waals surface area contributed by atoms with Crippen LogP contribution in [0.3, 0.4) is 0 Å². The molecule has 1 atom stereocenters. The highest BCUT2D eigenvalue weighted by atomic mass is 32.1. The van der Waals surface area contributed by atoms with Crippen molar-refractivity contribution in [2.24, 2.45) is 11.8 Å². The number of hydrogen-bond donors (Lipinski definition) is 1. The van der Waals surface area contributed by atoms with Crippen LogP contribution in [0.1, 0.15) is 16.9 Å². The molecule has 0 spiro atoms. The van der Waals surface area contributed by atoms with Crippen LogP contribution < -0.4 is 10.1 Å². The van der Waals surface area contributed by atoms with E-state index in [-0.39, 0.29) is 17.7 Å². The molecule has 2 aliphatic rings. The largest absolute Gasteiger partial charge is 0.492 e. The van der Waals surface area contributed by atoms with Crippen LogP contribution in [-0.4, -0.2) is 50.6 Å². The van der Waals surface area contributed by atoms with Crippen LogP contribution in [0.5, 0.6) is 5.75 Å². The lowest BCUT2D eigenvalue weighted by Crippen LogP contribution is -2.52. The number of ether oxygens (including phenoxy) is 1. The van der Waals surface area contributed by atoms with Gasteiger partial charge in [-0.1, -0.05) is 0 Å². The van der Waals surface area contributed by atoms with E-state index in [0.717, 1.165) is 40.1 Å². The molecule has 1 N–H and O–H groups in total. The van der Waals surface area contributed by atoms with Crippen molar-refractivity contribution in [3.05, 3.63) is 41.3 Å². The summed E-state index contributed by atoms with van der Waals surface area (Å²) in [6.07, 6.45) is 7.50. The molecule has 0 unspecified atom stereocenters. The third-order valence-corrected chi connectivity index (χ3v) is 7.72. The summed E-state index contributed by atoms with van der Waals surface area (Å²) in [4.78, 5) is 25.9. The van der Waals surface area contributed by atoms with E-state index in [1.54, 1.807) is 35.5 Å². The van der Waals surface area contributed by atoms with E-state index in [2.05, 4.69) is 26.5 Å². The molecule has 1 aliphatic carbocycles. The Morgan fingerprint density at radius 2 is 2.21 bits per heavy atom. The molecule has 1 saturated heterocycles. The number of nitrogens with zero attached hydrogens (tertiary/aromatic N) is 6. The molecule has 0 radical (unpaired) electrons. The fraction of sp³-hybridized carbons (Fsp3) is 0.348. The van der Waals surface area contributed by atoms with Gasteiger partial charge >= 0.3 is 0 Å². The third kappa shape index (κ3) is 3.19. The fourth-order valence-electron chi connectivity index (χ4n) is 4.83. The fourth-order valence-corrected chi connectivity index (χ4v) is 6.09. The van der Waals surface area contributed by atoms with Gasteiger partial charge in [-0.15, -0.1) is 11.3 Å². The van der Waals surface area contributed by atoms with Crippen LogP contribution in [-0.2, 0) is 17.6 Å². The van der Waals surface area contributed by atoms with Crippen LogP contribution in [0, 0.1) is 23.2 Å². The Balaban J connectivity index is 1.31. The number of carbonyl (C=O) groups is 1. The van der Waals surface area contributed by atoms with Crippen molar-refractivity contribution in [3.8, 4) is 11.8 Å². The number of carbonyl (C=O) groups excluding carboxylic acids is 1. The van der Waals surface area contributed by atoms with Gasteiger partial charge in [0, 0.05) is 30.1 Å². The van der Waals surface area contributed by atoms with Gasteiger partial charge in [0.15, 0.2) is 5.75 Å². The zero-order chi connectivity index (χ0) is 22.5. The Kier molecular flexibility index (Phi) is 4.66. The molecule has 0 bridgehead atoms. The summed E-state index contributed by atoms with van der Waals surface area (Å²) in [5.74, 6) is 1.57. The highest BCUT2D eigenvalue weighted by Crippen LogP contribution is 2.42. The molecular formula is C23H21N7O2S. The van der Waals surface area contributed by atoms with Crippen molar-refractivity contribution < 1.29 is 9.53 Å². The van der Waals surface area contributed by atoms with E-state index in [4.69, 9.17) is 10.00 Å². The minimum atomic E-state index is -0.0288. The monoisotopic (exact) mass is 459 g/mol. The zero-order valence-corrected chi connectivity index (χ0v) is 18.8. The lowest BCUT2D eigenvalue weighted by molar-refractivity contribution is -0.141. The van der Waals surface area contributed by atoms with Crippen molar-refractivity contribution in [1.82, 2.24) is 24.5 Å². The number of nitriles is 1. The summed E-state index contributed by atoms with van der Waals surface area (Å²) in [6, 6.07) is 6.06. The van der Waals surface area contributed by atoms with Crippen LogP contribution in [0.15, 0.2) is 30.9 Å². The second-order valence-corrected chi connectivity index (χ2v) is 9.55. The molecule has 4 aromatic heterocycles. The second kappa shape index (κ2) is 7.71. The minimum Gasteiger partial charge on any atom is -0.492 e. The molecule has 0 saturated carbocycles. The Morgan fingerprint density at radius 3 is 3.03 bits per heavy atom. The predicted octanol–water partition coefficient (Wildman–Crippen LogP) is 3.18. The summed E-state index contributed by atoms with van der Waals surface area (Å²) in [5.41, 5.74) is 2.90. The molecule has 166 valence electrons. The maximum atomic E-state index is 12.9. The average Bonchev–Trinajstić information content (AvgIpc) is 3.42. The topological polar surface area (TPSA) is 108 Å². The summed E-state index contributed by atoms with van der Waals surface area (Å²) < 4.78 is 7.43. The van der Waals surface area contributed by atoms with Gasteiger partial charge in [0.25, 0.3) is 0 Å². The molecule has 5 heterocycles. The lowest BCUT2D eigenvalue weighted by Gasteiger charge is -2.38. The van der Waals surface area contributed by atoms with E-state index < -0.39 is 0 Å². The first-order valence-corrected chi connectivity index (χ1v) is 11.7. The van der Waals surface area contributed by atoms with Crippen molar-refractivity contribution in [2.45, 2.75) is 19.3 Å². The van der Waals surface area contributed by atoms with Gasteiger partial charge in [-0.2, -0.15) is 10.4 Å². The maximum absolute atomic E-state index is 12.9. The van der Waals surface area contributed by atoms with Crippen LogP contribution in [0.25, 0.3) is 15.7 Å². The highest BCUT2D eigenvalue weighted by Gasteiger charge is 2.37. The standard InChI is InChI=1S/C23H21N7O2S/c1-32-20-16(5-7-30-17(20)4-6-27-30)28-21-19-15-3-2-14(23(31)29-10-13(9-24)11-29)8-18(15)33-22(19)26-12-25-21/h4-7,12-14H,2-3,8,10-11H2,1H3,(H,25,26,28)/t14-/m0/s1. The van der Waals surface area contributed by atoms with Crippen LogP contribution in [0.4, 0.5) is 11.5 Å². The summed E-state index contributed by atoms with van der Waals surface area (Å²) >= 11 is 1.64. The van der Waals surface area contributed by atoms with E-state index in [1.807, 2.05) is 23.2 Å². The molecule has 1 fully saturated rings. The first-order valence-electron chi connectivity index (χ1n) is 10.9. The minimum absolute atomic E-state index is 0.0138. The highest BCUT2D eigenvalue weighted by molar-refractivity contribution is 7.19. The normalized spacial score (nSPS) is 18.1. The van der Waals surface area contributed by atoms with Gasteiger partial charge in [0.1, 0.15) is 22.5 Å². The summed E-state index contributed by atoms with van der Waals surface area (Å²) in [5, 5.41) is 17.7. The predicted molar refractivity (Wildman–Crippen MR) is 124 cm³/mol. The number of rotatable bonds is 4. The quantitative estimate of drug-likeness (QED) is 0.499. The third-order valence-electron chi connectivity index (χ3n) is 6.56. The zero-order valence-electron chi connectivity index (χ0n) is 18.0. The first kappa shape index (κ1) is 19.9. The molecule has 9 nitrogen and oxygen atoms in total. The van der Waals surface area contributed by atoms with Gasteiger partial charge in [-0.3, -0.25) is 4.79 Å². The number of fused-ring (bicyclic) bond motifs is 4. The first-order chi connectivity index (χ1) is 16.2. The number of pyridine rings is 1. The smallest absolute Gasteiger partial charge is 0.226 e. The number of thiophene rings is 1. The number of aromatic nitrogens is 4. The van der Waals surface area contributed by atoms with Gasteiger partial charge < -0.3 is 15.0 Å². The van der Waals surface area contributed by atoms with Crippen LogP contribution >= 0.6 is 11.3 Å². The number of likely N-dealkylation sites (tertiary alicyclic amines) is 1. The molecule has 0 aromatic carbocycles. The molecule has 4 aromatic rings. The van der Waals surface area contributed by atoms with E-state index in [1.165, 1.54) is 10.4 Å². The Bertz CT molecular complexity index is 1430. The number of anilines is 2. The number of aryl methyl sites for hydroxylation is 1. The molecular weight excluding hydrogens is 438 g/mol. The summed E-state index contributed by atoms with van der Waals surface area (Å²) in [7, 11) is 1.64. The number of methoxy groups -OCH3 is 1. The van der Waals surface area contributed by atoms with E-state index >= 15 is 0 Å².